The van der Waals surface area contributed by atoms with Gasteiger partial charge in [-0.1, -0.05) is 25.5 Å². The smallest absolute Gasteiger partial charge is 0.228 e. The van der Waals surface area contributed by atoms with Crippen LogP contribution in [0.1, 0.15) is 152 Å². The first-order valence-electron chi connectivity index (χ1n) is 31.9. The van der Waals surface area contributed by atoms with Crippen molar-refractivity contribution in [1.82, 2.24) is 0 Å². The minimum absolute atomic E-state index is 0.00834. The average molecular weight is 1200 g/mol. The number of allylic oxidation sites excluding steroid dienone is 1. The van der Waals surface area contributed by atoms with Gasteiger partial charge in [-0.2, -0.15) is 4.89 Å². The number of fused-ring (bicyclic) bond motifs is 6. The highest BCUT2D eigenvalue weighted by molar-refractivity contribution is 5.25. The standard InChI is InChI=1S/C62H102O22/c1-30(40-16-17-41-39-15-14-37-22-38(63)18-20-60(37,8)42(39)19-21-61(40,41)9)71-50-27-47-58(35(6)75-50)83-84-62(29-70-47)28-48(69-13)59(36(7)80-62)82-81-53-26-46(68-12)57(34(5)76-53)78-49-23-43(64)55(32(3)73-49)77-52-25-45(67-11)56(33(4)74-52)79-51-24-44(66-10)54(65)31(2)72-51/h14,30-36,38-59,63-65H,15-29H2,1-13H3/t30?,31-,32-,33-,34-,35-,36-,38+,39+,40-,41+,42+,43-,44-,45+,46+,47-,48-,49+,50-,51+,52+,53+,54-,55-,56-,57-,58-,59-,60+,61-,62-/m1/s1. The highest BCUT2D eigenvalue weighted by Crippen LogP contribution is 2.67. The number of methoxy groups -OCH3 is 4. The number of rotatable bonds is 16. The molecule has 4 aliphatic carbocycles. The highest BCUT2D eigenvalue weighted by Gasteiger charge is 2.61. The minimum atomic E-state index is -1.29. The summed E-state index contributed by atoms with van der Waals surface area (Å²) in [4.78, 5) is 24.6. The third kappa shape index (κ3) is 12.9. The van der Waals surface area contributed by atoms with E-state index in [9.17, 15) is 15.3 Å². The maximum absolute atomic E-state index is 11.5. The van der Waals surface area contributed by atoms with Crippen molar-refractivity contribution in [2.45, 2.75) is 312 Å². The van der Waals surface area contributed by atoms with Crippen molar-refractivity contribution in [3.63, 3.8) is 0 Å². The van der Waals surface area contributed by atoms with E-state index in [0.717, 1.165) is 32.1 Å². The van der Waals surface area contributed by atoms with Crippen LogP contribution in [-0.2, 0) is 90.6 Å². The van der Waals surface area contributed by atoms with Crippen molar-refractivity contribution >= 4 is 0 Å². The van der Waals surface area contributed by atoms with Gasteiger partial charge in [-0.25, -0.2) is 14.7 Å². The second-order valence-electron chi connectivity index (χ2n) is 27.3. The lowest BCUT2D eigenvalue weighted by Crippen LogP contribution is -2.58. The Bertz CT molecular complexity index is 2170. The fourth-order valence-corrected chi connectivity index (χ4v) is 17.6. The van der Waals surface area contributed by atoms with Crippen molar-refractivity contribution in [3.8, 4) is 0 Å². The number of hydrogen-bond donors (Lipinski definition) is 3. The molecule has 10 fully saturated rings. The van der Waals surface area contributed by atoms with Gasteiger partial charge in [0.25, 0.3) is 0 Å². The van der Waals surface area contributed by atoms with Gasteiger partial charge in [-0.15, -0.1) is 0 Å². The lowest BCUT2D eigenvalue weighted by Gasteiger charge is -2.58. The molecule has 22 nitrogen and oxygen atoms in total. The molecule has 32 atom stereocenters. The summed E-state index contributed by atoms with van der Waals surface area (Å²) in [7, 11) is 6.39. The zero-order valence-electron chi connectivity index (χ0n) is 52.0. The van der Waals surface area contributed by atoms with E-state index in [-0.39, 0.29) is 61.1 Å². The molecule has 11 rings (SSSR count). The minimum Gasteiger partial charge on any atom is -0.393 e. The summed E-state index contributed by atoms with van der Waals surface area (Å²) in [6, 6.07) is 0. The van der Waals surface area contributed by atoms with Crippen LogP contribution in [0.25, 0.3) is 0 Å². The second kappa shape index (κ2) is 26.6. The molecule has 1 unspecified atom stereocenters. The van der Waals surface area contributed by atoms with Gasteiger partial charge in [0.05, 0.1) is 85.5 Å². The molecule has 22 heteroatoms. The predicted octanol–water partition coefficient (Wildman–Crippen LogP) is 6.48. The second-order valence-corrected chi connectivity index (χ2v) is 27.3. The largest absolute Gasteiger partial charge is 0.393 e. The number of hydrogen-bond acceptors (Lipinski definition) is 22. The summed E-state index contributed by atoms with van der Waals surface area (Å²) in [5.41, 5.74) is 1.93. The van der Waals surface area contributed by atoms with Crippen LogP contribution in [0.2, 0.25) is 0 Å². The van der Waals surface area contributed by atoms with Crippen LogP contribution < -0.4 is 0 Å². The zero-order chi connectivity index (χ0) is 59.6. The van der Waals surface area contributed by atoms with E-state index in [1.54, 1.807) is 35.4 Å². The van der Waals surface area contributed by atoms with Crippen LogP contribution in [0.4, 0.5) is 0 Å². The fraction of sp³-hybridized carbons (Fsp3) is 0.968. The van der Waals surface area contributed by atoms with E-state index in [2.05, 4.69) is 26.8 Å². The number of aliphatic hydroxyl groups excluding tert-OH is 3. The van der Waals surface area contributed by atoms with Crippen molar-refractivity contribution in [2.75, 3.05) is 35.0 Å². The van der Waals surface area contributed by atoms with E-state index < -0.39 is 135 Å². The molecule has 482 valence electrons. The molecule has 7 heterocycles. The van der Waals surface area contributed by atoms with Crippen molar-refractivity contribution < 1.29 is 106 Å². The molecular weight excluding hydrogens is 1100 g/mol. The SMILES string of the molecule is CO[C@H]1C[C@H](OO[C@@H]2[C@@H](C)O[C@]3(CO[C@@H]4C[C@H](OC(C)[C@H]5CC[C@H]6[C@@H]7CC=C8C[C@@H](O)CC[C@]8(C)[C@H]7CC[C@]56C)O[C@H](C)[C@H]4OO3)C[C@H]2OC)O[C@H](C)[C@H]1O[C@H]1C[C@@H](O)[C@H](O[C@H]2C[C@H](OC)[C@H](O[C@H]3C[C@@H](OC)[C@H](O)[C@@H](C)O3)[C@@H](C)O2)[C@@H](C)O1. The van der Waals surface area contributed by atoms with Crippen LogP contribution in [-0.4, -0.2) is 210 Å². The third-order valence-electron chi connectivity index (χ3n) is 22.2. The highest BCUT2D eigenvalue weighted by atomic mass is 17.2. The van der Waals surface area contributed by atoms with Gasteiger partial charge in [-0.3, -0.25) is 0 Å². The van der Waals surface area contributed by atoms with Crippen LogP contribution in [0, 0.1) is 34.5 Å². The van der Waals surface area contributed by atoms with E-state index in [1.165, 1.54) is 24.8 Å². The van der Waals surface area contributed by atoms with Crippen LogP contribution in [0.15, 0.2) is 11.6 Å². The summed E-state index contributed by atoms with van der Waals surface area (Å²) < 4.78 is 94.3. The van der Waals surface area contributed by atoms with Crippen LogP contribution in [0.3, 0.4) is 0 Å². The molecule has 0 aromatic heterocycles. The molecule has 7 saturated heterocycles. The van der Waals surface area contributed by atoms with Gasteiger partial charge in [0.2, 0.25) is 5.79 Å². The van der Waals surface area contributed by atoms with Gasteiger partial charge in [0.15, 0.2) is 31.5 Å². The molecule has 0 bridgehead atoms. The van der Waals surface area contributed by atoms with E-state index in [4.69, 9.17) is 90.6 Å². The lowest BCUT2D eigenvalue weighted by atomic mass is 9.47. The molecule has 0 amide bonds. The van der Waals surface area contributed by atoms with Gasteiger partial charge in [0, 0.05) is 67.0 Å². The Balaban J connectivity index is 0.626. The maximum atomic E-state index is 11.5. The lowest BCUT2D eigenvalue weighted by molar-refractivity contribution is -0.491. The molecule has 0 radical (unpaired) electrons. The van der Waals surface area contributed by atoms with Crippen LogP contribution in [0.5, 0.6) is 0 Å². The maximum Gasteiger partial charge on any atom is 0.228 e. The van der Waals surface area contributed by atoms with E-state index in [0.29, 0.717) is 42.9 Å². The molecule has 0 aromatic rings. The van der Waals surface area contributed by atoms with Crippen molar-refractivity contribution in [1.29, 1.82) is 0 Å². The van der Waals surface area contributed by atoms with Gasteiger partial charge in [0.1, 0.15) is 43.2 Å². The van der Waals surface area contributed by atoms with Gasteiger partial charge in [-0.05, 0) is 134 Å². The van der Waals surface area contributed by atoms with E-state index in [1.807, 2.05) is 34.6 Å². The molecule has 7 aliphatic heterocycles. The molecule has 1 spiro atoms. The molecule has 84 heavy (non-hydrogen) atoms. The fourth-order valence-electron chi connectivity index (χ4n) is 17.6. The van der Waals surface area contributed by atoms with Crippen LogP contribution >= 0.6 is 0 Å². The van der Waals surface area contributed by atoms with Crippen molar-refractivity contribution in [2.24, 2.45) is 34.5 Å². The van der Waals surface area contributed by atoms with Gasteiger partial charge < -0.3 is 86.4 Å². The quantitative estimate of drug-likeness (QED) is 0.0852. The summed E-state index contributed by atoms with van der Waals surface area (Å²) in [5.74, 6) is 1.17. The monoisotopic (exact) mass is 1200 g/mol. The normalized spacial score (nSPS) is 53.0. The summed E-state index contributed by atoms with van der Waals surface area (Å²) >= 11 is 0. The Morgan fingerprint density at radius 2 is 1.19 bits per heavy atom. The predicted molar refractivity (Wildman–Crippen MR) is 296 cm³/mol. The first-order valence-corrected chi connectivity index (χ1v) is 31.9. The number of ether oxygens (including phenoxy) is 15. The summed E-state index contributed by atoms with van der Waals surface area (Å²) in [5, 5.41) is 32.5. The molecule has 3 saturated carbocycles. The Morgan fingerprint density at radius 1 is 0.583 bits per heavy atom. The number of aliphatic hydroxyl groups is 3. The molecule has 11 aliphatic rings. The summed E-state index contributed by atoms with van der Waals surface area (Å²) in [6.07, 6.45) is -0.370. The first-order chi connectivity index (χ1) is 40.2. The Hall–Kier alpha value is -1.14. The Kier molecular flexibility index (Phi) is 20.4. The van der Waals surface area contributed by atoms with Crippen molar-refractivity contribution in [3.05, 3.63) is 11.6 Å². The molecule has 3 N–H and O–H groups in total. The average Bonchev–Trinajstić information content (AvgIpc) is 1.48. The Labute approximate surface area is 497 Å². The molecule has 0 aromatic carbocycles. The van der Waals surface area contributed by atoms with E-state index >= 15 is 0 Å². The zero-order valence-corrected chi connectivity index (χ0v) is 52.0. The van der Waals surface area contributed by atoms with Gasteiger partial charge >= 0.3 is 0 Å². The Morgan fingerprint density at radius 3 is 1.87 bits per heavy atom. The molecular formula is C62H102O22. The summed E-state index contributed by atoms with van der Waals surface area (Å²) in [6.45, 7) is 18.6. The third-order valence-corrected chi connectivity index (χ3v) is 22.2. The first kappa shape index (κ1) is 64.4. The topological polar surface area (TPSA) is 236 Å².